The second kappa shape index (κ2) is 16.2. The molecule has 0 aliphatic carbocycles. The summed E-state index contributed by atoms with van der Waals surface area (Å²) in [6, 6.07) is 79.4. The van der Waals surface area contributed by atoms with E-state index in [0.29, 0.717) is 35.1 Å². The van der Waals surface area contributed by atoms with Crippen molar-refractivity contribution in [2.75, 3.05) is 0 Å². The predicted octanol–water partition coefficient (Wildman–Crippen LogP) is 14.3. The highest BCUT2D eigenvalue weighted by Crippen LogP contribution is 2.40. The van der Waals surface area contributed by atoms with Crippen molar-refractivity contribution in [3.63, 3.8) is 0 Å². The number of benzene rings is 9. The van der Waals surface area contributed by atoms with Gasteiger partial charge in [-0.3, -0.25) is 4.57 Å². The van der Waals surface area contributed by atoms with Crippen molar-refractivity contribution in [3.05, 3.63) is 231 Å². The molecule has 0 aliphatic heterocycles. The Balaban J connectivity index is 0.981. The highest BCUT2D eigenvalue weighted by atomic mass is 15.2. The Morgan fingerprint density at radius 3 is 1.10 bits per heavy atom. The first-order chi connectivity index (χ1) is 33.7. The van der Waals surface area contributed by atoms with Gasteiger partial charge in [-0.25, -0.2) is 19.9 Å². The van der Waals surface area contributed by atoms with Crippen LogP contribution in [-0.2, 0) is 0 Å². The molecule has 0 saturated carbocycles. The Kier molecular flexibility index (Phi) is 9.31. The van der Waals surface area contributed by atoms with E-state index in [2.05, 4.69) is 143 Å². The van der Waals surface area contributed by atoms with Crippen LogP contribution in [0.15, 0.2) is 231 Å². The fourth-order valence-corrected chi connectivity index (χ4v) is 9.40. The van der Waals surface area contributed by atoms with Crippen molar-refractivity contribution < 1.29 is 0 Å². The normalized spacial score (nSPS) is 11.5. The van der Waals surface area contributed by atoms with Crippen LogP contribution in [0.1, 0.15) is 0 Å². The van der Waals surface area contributed by atoms with Crippen LogP contribution in [0.5, 0.6) is 0 Å². The fraction of sp³-hybridized carbons (Fsp3) is 0. The number of nitrogens with zero attached hydrogens (tertiary/aromatic N) is 8. The molecule has 0 amide bonds. The summed E-state index contributed by atoms with van der Waals surface area (Å²) in [6.45, 7) is 0. The van der Waals surface area contributed by atoms with Gasteiger partial charge in [-0.2, -0.15) is 9.97 Å². The second-order valence-electron chi connectivity index (χ2n) is 16.8. The maximum absolute atomic E-state index is 5.30. The molecule has 4 heterocycles. The Labute approximate surface area is 391 Å². The zero-order valence-electron chi connectivity index (χ0n) is 36.5. The Hall–Kier alpha value is -9.40. The van der Waals surface area contributed by atoms with Gasteiger partial charge in [0, 0.05) is 55.0 Å². The van der Waals surface area contributed by atoms with Crippen LogP contribution in [-0.4, -0.2) is 39.0 Å². The largest absolute Gasteiger partial charge is 0.309 e. The van der Waals surface area contributed by atoms with Gasteiger partial charge in [-0.1, -0.05) is 176 Å². The van der Waals surface area contributed by atoms with Crippen molar-refractivity contribution in [3.8, 4) is 79.7 Å². The van der Waals surface area contributed by atoms with Gasteiger partial charge in [-0.15, -0.1) is 0 Å². The maximum atomic E-state index is 5.30. The van der Waals surface area contributed by atoms with Gasteiger partial charge in [-0.05, 0) is 65.7 Å². The van der Waals surface area contributed by atoms with Crippen molar-refractivity contribution in [1.82, 2.24) is 39.0 Å². The zero-order chi connectivity index (χ0) is 45.0. The van der Waals surface area contributed by atoms with Gasteiger partial charge in [0.15, 0.2) is 29.1 Å². The highest BCUT2D eigenvalue weighted by molar-refractivity contribution is 6.19. The van der Waals surface area contributed by atoms with Crippen molar-refractivity contribution in [2.45, 2.75) is 0 Å². The topological polar surface area (TPSA) is 87.2 Å². The van der Waals surface area contributed by atoms with Crippen LogP contribution in [0.3, 0.4) is 0 Å². The summed E-state index contributed by atoms with van der Waals surface area (Å²) < 4.78 is 4.55. The molecule has 0 N–H and O–H groups in total. The first kappa shape index (κ1) is 39.0. The zero-order valence-corrected chi connectivity index (χ0v) is 36.5. The summed E-state index contributed by atoms with van der Waals surface area (Å²) in [5.41, 5.74) is 12.0. The molecule has 4 aromatic heterocycles. The fourth-order valence-electron chi connectivity index (χ4n) is 9.40. The minimum atomic E-state index is 0.549. The number of aromatic nitrogens is 8. The van der Waals surface area contributed by atoms with Gasteiger partial charge < -0.3 is 4.57 Å². The molecule has 0 spiro atoms. The minimum Gasteiger partial charge on any atom is -0.309 e. The minimum absolute atomic E-state index is 0.549. The third kappa shape index (κ3) is 6.78. The van der Waals surface area contributed by atoms with E-state index in [-0.39, 0.29) is 0 Å². The first-order valence-electron chi connectivity index (χ1n) is 22.6. The van der Waals surface area contributed by atoms with E-state index >= 15 is 0 Å². The van der Waals surface area contributed by atoms with Crippen LogP contribution < -0.4 is 0 Å². The third-order valence-corrected chi connectivity index (χ3v) is 12.6. The lowest BCUT2D eigenvalue weighted by molar-refractivity contribution is 0.954. The summed E-state index contributed by atoms with van der Waals surface area (Å²) >= 11 is 0. The Morgan fingerprint density at radius 1 is 0.221 bits per heavy atom. The molecule has 318 valence electrons. The van der Waals surface area contributed by atoms with Crippen molar-refractivity contribution in [1.29, 1.82) is 0 Å². The molecule has 0 aliphatic rings. The number of hydrogen-bond acceptors (Lipinski definition) is 6. The molecule has 9 aromatic carbocycles. The lowest BCUT2D eigenvalue weighted by Crippen LogP contribution is -2.06. The average Bonchev–Trinajstić information content (AvgIpc) is 3.93. The Bertz CT molecular complexity index is 3940. The summed E-state index contributed by atoms with van der Waals surface area (Å²) in [5.74, 6) is 3.63. The van der Waals surface area contributed by atoms with E-state index < -0.39 is 0 Å². The molecular formula is C60H38N8. The van der Waals surface area contributed by atoms with Crippen LogP contribution in [0.25, 0.3) is 123 Å². The van der Waals surface area contributed by atoms with Gasteiger partial charge in [0.2, 0.25) is 5.95 Å². The van der Waals surface area contributed by atoms with E-state index in [1.807, 2.05) is 97.1 Å². The van der Waals surface area contributed by atoms with E-state index in [0.717, 1.165) is 88.2 Å². The molecular weight excluding hydrogens is 833 g/mol. The summed E-state index contributed by atoms with van der Waals surface area (Å²) in [4.78, 5) is 30.6. The van der Waals surface area contributed by atoms with Gasteiger partial charge in [0.05, 0.1) is 22.1 Å². The van der Waals surface area contributed by atoms with E-state index in [1.54, 1.807) is 0 Å². The summed E-state index contributed by atoms with van der Waals surface area (Å²) in [5, 5.41) is 4.45. The van der Waals surface area contributed by atoms with Gasteiger partial charge in [0.25, 0.3) is 0 Å². The maximum Gasteiger partial charge on any atom is 0.238 e. The van der Waals surface area contributed by atoms with E-state index in [1.165, 1.54) is 0 Å². The van der Waals surface area contributed by atoms with Crippen LogP contribution in [0, 0.1) is 0 Å². The van der Waals surface area contributed by atoms with Gasteiger partial charge >= 0.3 is 0 Å². The third-order valence-electron chi connectivity index (χ3n) is 12.6. The summed E-state index contributed by atoms with van der Waals surface area (Å²) in [6.07, 6.45) is 0. The van der Waals surface area contributed by atoms with E-state index in [4.69, 9.17) is 29.9 Å². The molecule has 0 unspecified atom stereocenters. The molecule has 13 rings (SSSR count). The lowest BCUT2D eigenvalue weighted by atomic mass is 10.0. The molecule has 0 atom stereocenters. The number of rotatable bonds is 8. The highest BCUT2D eigenvalue weighted by Gasteiger charge is 2.22. The van der Waals surface area contributed by atoms with Crippen LogP contribution in [0.4, 0.5) is 0 Å². The molecule has 8 heteroatoms. The molecule has 13 aromatic rings. The van der Waals surface area contributed by atoms with Crippen molar-refractivity contribution in [2.24, 2.45) is 0 Å². The number of hydrogen-bond donors (Lipinski definition) is 0. The Morgan fingerprint density at radius 2 is 0.588 bits per heavy atom. The van der Waals surface area contributed by atoms with Crippen LogP contribution in [0.2, 0.25) is 0 Å². The monoisotopic (exact) mass is 870 g/mol. The smallest absolute Gasteiger partial charge is 0.238 e. The summed E-state index contributed by atoms with van der Waals surface area (Å²) in [7, 11) is 0. The van der Waals surface area contributed by atoms with Crippen molar-refractivity contribution >= 4 is 43.6 Å². The standard InChI is InChI=1S/C60H38N8/c1-5-18-39(19-6-1)44-26-17-27-45(36-44)59-64-58(42-24-11-4-12-25-42)65-60(66-59)68-52-31-16-14-29-48(52)50-37-53-49(38-54(50)68)47-28-13-15-30-51(47)67(53)46-34-32-43(33-35-46)57-62-55(40-20-7-2-8-21-40)61-56(63-57)41-22-9-3-10-23-41/h1-38H. The quantitative estimate of drug-likeness (QED) is 0.151. The molecule has 68 heavy (non-hydrogen) atoms. The first-order valence-corrected chi connectivity index (χ1v) is 22.6. The molecule has 0 fully saturated rings. The van der Waals surface area contributed by atoms with E-state index in [9.17, 15) is 0 Å². The molecule has 0 radical (unpaired) electrons. The second-order valence-corrected chi connectivity index (χ2v) is 16.8. The lowest BCUT2D eigenvalue weighted by Gasteiger charge is -2.12. The molecule has 0 bridgehead atoms. The average molecular weight is 871 g/mol. The molecule has 0 saturated heterocycles. The van der Waals surface area contributed by atoms with Gasteiger partial charge in [0.1, 0.15) is 0 Å². The van der Waals surface area contributed by atoms with Crippen LogP contribution >= 0.6 is 0 Å². The SMILES string of the molecule is c1ccc(-c2cccc(-c3nc(-c4ccccc4)nc(-n4c5ccccc5c5cc6c(cc54)c4ccccc4n6-c4ccc(-c5nc(-c6ccccc6)nc(-c6ccccc6)n5)cc4)n3)c2)cc1. The predicted molar refractivity (Wildman–Crippen MR) is 275 cm³/mol. The number of para-hydroxylation sites is 2. The molecule has 8 nitrogen and oxygen atoms in total. The number of fused-ring (bicyclic) bond motifs is 6.